The highest BCUT2D eigenvalue weighted by Crippen LogP contribution is 2.52. The van der Waals surface area contributed by atoms with Gasteiger partial charge < -0.3 is 4.74 Å². The van der Waals surface area contributed by atoms with Gasteiger partial charge in [0.05, 0.1) is 0 Å². The van der Waals surface area contributed by atoms with Crippen molar-refractivity contribution in [3.05, 3.63) is 108 Å². The van der Waals surface area contributed by atoms with Gasteiger partial charge in [-0.2, -0.15) is 0 Å². The summed E-state index contributed by atoms with van der Waals surface area (Å²) in [5.41, 5.74) is 6.62. The van der Waals surface area contributed by atoms with Crippen LogP contribution in [0.15, 0.2) is 96.8 Å². The Morgan fingerprint density at radius 3 is 2.24 bits per heavy atom. The van der Waals surface area contributed by atoms with Gasteiger partial charge >= 0.3 is 0 Å². The molecule has 0 unspecified atom stereocenters. The third kappa shape index (κ3) is 2.47. The predicted molar refractivity (Wildman–Crippen MR) is 104 cm³/mol. The molecular formula is C24H22O. The fourth-order valence-corrected chi connectivity index (χ4v) is 4.01. The zero-order valence-corrected chi connectivity index (χ0v) is 14.5. The van der Waals surface area contributed by atoms with Crippen LogP contribution in [0.25, 0.3) is 11.1 Å². The van der Waals surface area contributed by atoms with E-state index < -0.39 is 0 Å². The fraction of sp³-hybridized carbons (Fsp3) is 0.167. The van der Waals surface area contributed by atoms with E-state index in [9.17, 15) is 0 Å². The van der Waals surface area contributed by atoms with E-state index in [1.165, 1.54) is 27.8 Å². The Labute approximate surface area is 149 Å². The number of rotatable bonds is 4. The molecule has 0 spiro atoms. The molecule has 124 valence electrons. The van der Waals surface area contributed by atoms with Gasteiger partial charge in [0.25, 0.3) is 0 Å². The maximum Gasteiger partial charge on any atom is 0.116 e. The van der Waals surface area contributed by atoms with Crippen LogP contribution in [0.1, 0.15) is 24.5 Å². The minimum Gasteiger partial charge on any atom is -0.490 e. The van der Waals surface area contributed by atoms with Crippen LogP contribution in [0.4, 0.5) is 0 Å². The number of allylic oxidation sites excluding steroid dienone is 5. The number of fused-ring (bicyclic) bond motifs is 3. The highest BCUT2D eigenvalue weighted by atomic mass is 16.5. The lowest BCUT2D eigenvalue weighted by molar-refractivity contribution is 0.261. The topological polar surface area (TPSA) is 9.23 Å². The molecule has 0 saturated carbocycles. The average molecular weight is 326 g/mol. The van der Waals surface area contributed by atoms with Gasteiger partial charge in [-0.1, -0.05) is 73.3 Å². The summed E-state index contributed by atoms with van der Waals surface area (Å²) < 4.78 is 5.72. The minimum absolute atomic E-state index is 0.134. The normalized spacial score (nSPS) is 17.0. The van der Waals surface area contributed by atoms with Crippen molar-refractivity contribution in [2.75, 3.05) is 6.61 Å². The van der Waals surface area contributed by atoms with Crippen molar-refractivity contribution in [2.24, 2.45) is 0 Å². The first-order valence-corrected chi connectivity index (χ1v) is 8.77. The van der Waals surface area contributed by atoms with Crippen molar-refractivity contribution in [2.45, 2.75) is 18.8 Å². The molecule has 2 aliphatic carbocycles. The van der Waals surface area contributed by atoms with Gasteiger partial charge in [-0.05, 0) is 53.3 Å². The maximum absolute atomic E-state index is 5.72. The largest absolute Gasteiger partial charge is 0.490 e. The summed E-state index contributed by atoms with van der Waals surface area (Å²) in [6, 6.07) is 17.5. The summed E-state index contributed by atoms with van der Waals surface area (Å²) >= 11 is 0. The molecule has 0 aliphatic heterocycles. The second-order valence-corrected chi connectivity index (χ2v) is 6.65. The third-order valence-corrected chi connectivity index (χ3v) is 5.25. The van der Waals surface area contributed by atoms with Gasteiger partial charge in [-0.3, -0.25) is 0 Å². The number of hydrogen-bond donors (Lipinski definition) is 0. The quantitative estimate of drug-likeness (QED) is 0.631. The Morgan fingerprint density at radius 2 is 1.60 bits per heavy atom. The molecular weight excluding hydrogens is 304 g/mol. The summed E-state index contributed by atoms with van der Waals surface area (Å²) in [7, 11) is 0. The molecule has 2 aromatic rings. The highest BCUT2D eigenvalue weighted by Gasteiger charge is 2.40. The molecule has 2 aromatic carbocycles. The molecule has 1 nitrogen and oxygen atoms in total. The number of hydrogen-bond acceptors (Lipinski definition) is 1. The van der Waals surface area contributed by atoms with Crippen molar-refractivity contribution < 1.29 is 4.74 Å². The van der Waals surface area contributed by atoms with Crippen molar-refractivity contribution >= 4 is 0 Å². The molecule has 2 aliphatic rings. The van der Waals surface area contributed by atoms with Crippen LogP contribution in [0.5, 0.6) is 0 Å². The van der Waals surface area contributed by atoms with Crippen LogP contribution in [0, 0.1) is 0 Å². The fourth-order valence-electron chi connectivity index (χ4n) is 4.01. The van der Waals surface area contributed by atoms with E-state index in [4.69, 9.17) is 4.74 Å². The monoisotopic (exact) mass is 326 g/mol. The van der Waals surface area contributed by atoms with Crippen LogP contribution < -0.4 is 0 Å². The SMILES string of the molecule is C=CCOC1=CCC=C(C2(C)c3ccccc3-c3ccccc32)C=C1. The smallest absolute Gasteiger partial charge is 0.116 e. The van der Waals surface area contributed by atoms with E-state index >= 15 is 0 Å². The molecule has 0 heterocycles. The van der Waals surface area contributed by atoms with E-state index in [1.54, 1.807) is 6.08 Å². The first-order chi connectivity index (χ1) is 12.2. The Hall–Kier alpha value is -2.80. The second-order valence-electron chi connectivity index (χ2n) is 6.65. The molecule has 0 N–H and O–H groups in total. The Bertz CT molecular complexity index is 866. The van der Waals surface area contributed by atoms with Gasteiger partial charge in [0.1, 0.15) is 12.4 Å². The van der Waals surface area contributed by atoms with Gasteiger partial charge in [-0.25, -0.2) is 0 Å². The van der Waals surface area contributed by atoms with Crippen LogP contribution in [0.2, 0.25) is 0 Å². The molecule has 1 heteroatoms. The third-order valence-electron chi connectivity index (χ3n) is 5.25. The van der Waals surface area contributed by atoms with Crippen LogP contribution in [-0.4, -0.2) is 6.61 Å². The van der Waals surface area contributed by atoms with E-state index in [0.717, 1.165) is 12.2 Å². The van der Waals surface area contributed by atoms with E-state index in [1.807, 2.05) is 0 Å². The number of benzene rings is 2. The van der Waals surface area contributed by atoms with E-state index in [-0.39, 0.29) is 5.41 Å². The molecule has 25 heavy (non-hydrogen) atoms. The summed E-state index contributed by atoms with van der Waals surface area (Å²) in [4.78, 5) is 0. The number of ether oxygens (including phenoxy) is 1. The Balaban J connectivity index is 1.80. The molecule has 4 rings (SSSR count). The summed E-state index contributed by atoms with van der Waals surface area (Å²) in [6.45, 7) is 6.59. The molecule has 0 bridgehead atoms. The van der Waals surface area contributed by atoms with Gasteiger partial charge in [0.2, 0.25) is 0 Å². The lowest BCUT2D eigenvalue weighted by atomic mass is 9.73. The van der Waals surface area contributed by atoms with Gasteiger partial charge in [0, 0.05) is 5.41 Å². The molecule has 0 saturated heterocycles. The lowest BCUT2D eigenvalue weighted by Crippen LogP contribution is -2.22. The molecule has 0 radical (unpaired) electrons. The molecule has 0 aromatic heterocycles. The van der Waals surface area contributed by atoms with Crippen molar-refractivity contribution in [3.8, 4) is 11.1 Å². The molecule has 0 amide bonds. The van der Waals surface area contributed by atoms with Crippen LogP contribution in [0.3, 0.4) is 0 Å². The summed E-state index contributed by atoms with van der Waals surface area (Å²) in [5.74, 6) is 0.911. The zero-order valence-electron chi connectivity index (χ0n) is 14.5. The lowest BCUT2D eigenvalue weighted by Gasteiger charge is -2.29. The van der Waals surface area contributed by atoms with Crippen molar-refractivity contribution in [3.63, 3.8) is 0 Å². The van der Waals surface area contributed by atoms with E-state index in [2.05, 4.69) is 86.3 Å². The maximum atomic E-state index is 5.72. The Morgan fingerprint density at radius 1 is 0.960 bits per heavy atom. The van der Waals surface area contributed by atoms with Crippen molar-refractivity contribution in [1.29, 1.82) is 0 Å². The summed E-state index contributed by atoms with van der Waals surface area (Å²) in [6.07, 6.45) is 11.4. The Kier molecular flexibility index (Phi) is 3.93. The standard InChI is InChI=1S/C24H22O/c1-3-17-25-19-10-8-9-18(15-16-19)24(2)22-13-6-4-11-20(22)21-12-5-7-14-23(21)24/h3-7,9-16H,1,8,17H2,2H3. The average Bonchev–Trinajstić information content (AvgIpc) is 2.80. The van der Waals surface area contributed by atoms with Crippen LogP contribution >= 0.6 is 0 Å². The van der Waals surface area contributed by atoms with Crippen LogP contribution in [-0.2, 0) is 10.2 Å². The van der Waals surface area contributed by atoms with Gasteiger partial charge in [0.15, 0.2) is 0 Å². The first-order valence-electron chi connectivity index (χ1n) is 8.77. The molecule has 0 fully saturated rings. The minimum atomic E-state index is -0.134. The zero-order chi connectivity index (χ0) is 17.3. The first kappa shape index (κ1) is 15.7. The second kappa shape index (κ2) is 6.25. The highest BCUT2D eigenvalue weighted by molar-refractivity contribution is 5.83. The van der Waals surface area contributed by atoms with E-state index in [0.29, 0.717) is 6.61 Å². The van der Waals surface area contributed by atoms with Gasteiger partial charge in [-0.15, -0.1) is 0 Å². The molecule has 0 atom stereocenters. The summed E-state index contributed by atoms with van der Waals surface area (Å²) in [5, 5.41) is 0. The predicted octanol–water partition coefficient (Wildman–Crippen LogP) is 5.95. The van der Waals surface area contributed by atoms with Crippen molar-refractivity contribution in [1.82, 2.24) is 0 Å².